The molecule has 4 rings (SSSR count). The second-order valence-electron chi connectivity index (χ2n) is 6.77. The van der Waals surface area contributed by atoms with Gasteiger partial charge in [0, 0.05) is 17.0 Å². The van der Waals surface area contributed by atoms with Crippen molar-refractivity contribution in [3.63, 3.8) is 0 Å². The Hall–Kier alpha value is -2.63. The molecule has 0 bridgehead atoms. The van der Waals surface area contributed by atoms with Gasteiger partial charge in [0.05, 0.1) is 4.90 Å². The van der Waals surface area contributed by atoms with Gasteiger partial charge in [0.2, 0.25) is 0 Å². The number of hydrogen-bond donors (Lipinski definition) is 0. The number of fused-ring (bicyclic) bond motifs is 1. The molecule has 6 heteroatoms. The molecule has 0 aliphatic carbocycles. The Kier molecular flexibility index (Phi) is 4.73. The molecular weight excluding hydrogens is 396 g/mol. The van der Waals surface area contributed by atoms with Crippen molar-refractivity contribution in [2.45, 2.75) is 23.5 Å². The van der Waals surface area contributed by atoms with Crippen LogP contribution in [0, 0.1) is 6.92 Å². The third-order valence-corrected chi connectivity index (χ3v) is 7.14. The van der Waals surface area contributed by atoms with Gasteiger partial charge in [0.15, 0.2) is 15.1 Å². The first-order valence-corrected chi connectivity index (χ1v) is 10.7. The molecule has 0 N–H and O–H groups in total. The molecule has 1 aliphatic rings. The van der Waals surface area contributed by atoms with Gasteiger partial charge in [-0.05, 0) is 47.9 Å². The number of para-hydroxylation sites is 1. The van der Waals surface area contributed by atoms with E-state index in [0.29, 0.717) is 27.5 Å². The van der Waals surface area contributed by atoms with E-state index in [2.05, 4.69) is 0 Å². The number of halogens is 1. The first-order valence-electron chi connectivity index (χ1n) is 8.76. The van der Waals surface area contributed by atoms with Gasteiger partial charge in [-0.2, -0.15) is 0 Å². The van der Waals surface area contributed by atoms with E-state index in [1.165, 1.54) is 0 Å². The number of rotatable bonds is 3. The normalized spacial score (nSPS) is 16.4. The van der Waals surface area contributed by atoms with Gasteiger partial charge in [0.25, 0.3) is 0 Å². The largest absolute Gasteiger partial charge is 0.425 e. The van der Waals surface area contributed by atoms with Crippen LogP contribution in [-0.4, -0.2) is 19.6 Å². The number of benzene rings is 3. The Balaban J connectivity index is 1.83. The summed E-state index contributed by atoms with van der Waals surface area (Å²) in [5.41, 5.74) is 2.75. The molecule has 3 aromatic carbocycles. The lowest BCUT2D eigenvalue weighted by Gasteiger charge is -2.24. The number of carbonyl (C=O) groups excluding carboxylic acids is 1. The molecule has 0 fully saturated rings. The van der Waals surface area contributed by atoms with E-state index in [-0.39, 0.29) is 11.3 Å². The number of sulfone groups is 1. The van der Waals surface area contributed by atoms with E-state index in [1.807, 2.05) is 13.0 Å². The van der Waals surface area contributed by atoms with Gasteiger partial charge < -0.3 is 4.74 Å². The van der Waals surface area contributed by atoms with E-state index < -0.39 is 21.1 Å². The minimum Gasteiger partial charge on any atom is -0.425 e. The lowest BCUT2D eigenvalue weighted by atomic mass is 10.0. The van der Waals surface area contributed by atoms with Crippen molar-refractivity contribution < 1.29 is 17.9 Å². The molecule has 3 aromatic rings. The summed E-state index contributed by atoms with van der Waals surface area (Å²) in [6, 6.07) is 19.1. The van der Waals surface area contributed by atoms with Crippen LogP contribution in [0.4, 0.5) is 0 Å². The van der Waals surface area contributed by atoms with Crippen molar-refractivity contribution in [3.05, 3.63) is 82.9 Å². The lowest BCUT2D eigenvalue weighted by Crippen LogP contribution is -2.39. The predicted octanol–water partition coefficient (Wildman–Crippen LogP) is 4.62. The van der Waals surface area contributed by atoms with Gasteiger partial charge in [-0.15, -0.1) is 0 Å². The van der Waals surface area contributed by atoms with Crippen molar-refractivity contribution >= 4 is 27.4 Å². The van der Waals surface area contributed by atoms with Gasteiger partial charge >= 0.3 is 5.97 Å². The summed E-state index contributed by atoms with van der Waals surface area (Å²) in [5.74, 6) is -0.330. The maximum absolute atomic E-state index is 13.5. The molecule has 0 saturated carbocycles. The zero-order chi connectivity index (χ0) is 19.9. The minimum atomic E-state index is -3.97. The highest BCUT2D eigenvalue weighted by Crippen LogP contribution is 2.35. The van der Waals surface area contributed by atoms with Crippen LogP contribution >= 0.6 is 11.6 Å². The second kappa shape index (κ2) is 7.08. The number of hydrogen-bond acceptors (Lipinski definition) is 4. The molecule has 1 atom stereocenters. The van der Waals surface area contributed by atoms with Crippen molar-refractivity contribution in [2.75, 3.05) is 0 Å². The average molecular weight is 413 g/mol. The number of aryl methyl sites for hydroxylation is 1. The number of ether oxygens (including phenoxy) is 1. The van der Waals surface area contributed by atoms with Crippen LogP contribution in [0.15, 0.2) is 71.6 Å². The fourth-order valence-corrected chi connectivity index (χ4v) is 5.33. The quantitative estimate of drug-likeness (QED) is 0.465. The molecule has 142 valence electrons. The zero-order valence-electron chi connectivity index (χ0n) is 15.1. The molecule has 0 aromatic heterocycles. The van der Waals surface area contributed by atoms with Gasteiger partial charge in [-0.3, -0.25) is 4.79 Å². The standard InChI is InChI=1S/C22H17ClO4S/c1-14-6-11-18(15-7-9-17(23)10-8-15)20(12-14)28(25,26)21-13-16-4-2-3-5-19(16)27-22(21)24/h2-12,21H,13H2,1H3. The Morgan fingerprint density at radius 3 is 2.46 bits per heavy atom. The monoisotopic (exact) mass is 412 g/mol. The van der Waals surface area contributed by atoms with Gasteiger partial charge in [-0.25, -0.2) is 8.42 Å². The maximum Gasteiger partial charge on any atom is 0.330 e. The van der Waals surface area contributed by atoms with Crippen LogP contribution in [0.2, 0.25) is 5.02 Å². The van der Waals surface area contributed by atoms with Crippen LogP contribution in [0.3, 0.4) is 0 Å². The van der Waals surface area contributed by atoms with E-state index in [4.69, 9.17) is 16.3 Å². The van der Waals surface area contributed by atoms with E-state index in [0.717, 1.165) is 5.56 Å². The summed E-state index contributed by atoms with van der Waals surface area (Å²) < 4.78 is 32.3. The predicted molar refractivity (Wildman–Crippen MR) is 108 cm³/mol. The minimum absolute atomic E-state index is 0.0886. The Morgan fingerprint density at radius 1 is 1.00 bits per heavy atom. The maximum atomic E-state index is 13.5. The first kappa shape index (κ1) is 18.7. The average Bonchev–Trinajstić information content (AvgIpc) is 2.68. The molecule has 0 spiro atoms. The second-order valence-corrected chi connectivity index (χ2v) is 9.31. The summed E-state index contributed by atoms with van der Waals surface area (Å²) in [7, 11) is -3.97. The number of esters is 1. The Bertz CT molecular complexity index is 1170. The molecule has 1 unspecified atom stereocenters. The lowest BCUT2D eigenvalue weighted by molar-refractivity contribution is -0.134. The fourth-order valence-electron chi connectivity index (χ4n) is 3.35. The topological polar surface area (TPSA) is 60.4 Å². The summed E-state index contributed by atoms with van der Waals surface area (Å²) in [6.45, 7) is 1.82. The summed E-state index contributed by atoms with van der Waals surface area (Å²) >= 11 is 5.96. The molecule has 28 heavy (non-hydrogen) atoms. The van der Waals surface area contributed by atoms with Crippen LogP contribution in [0.1, 0.15) is 11.1 Å². The molecule has 0 radical (unpaired) electrons. The Morgan fingerprint density at radius 2 is 1.71 bits per heavy atom. The Labute approximate surface area is 168 Å². The fraction of sp³-hybridized carbons (Fsp3) is 0.136. The highest BCUT2D eigenvalue weighted by Gasteiger charge is 2.40. The van der Waals surface area contributed by atoms with E-state index >= 15 is 0 Å². The highest BCUT2D eigenvalue weighted by atomic mass is 35.5. The summed E-state index contributed by atoms with van der Waals surface area (Å²) in [4.78, 5) is 12.7. The van der Waals surface area contributed by atoms with Crippen LogP contribution in [0.25, 0.3) is 11.1 Å². The van der Waals surface area contributed by atoms with Crippen molar-refractivity contribution in [1.29, 1.82) is 0 Å². The molecule has 0 saturated heterocycles. The van der Waals surface area contributed by atoms with Crippen molar-refractivity contribution in [1.82, 2.24) is 0 Å². The smallest absolute Gasteiger partial charge is 0.330 e. The molecule has 1 heterocycles. The first-order chi connectivity index (χ1) is 13.4. The summed E-state index contributed by atoms with van der Waals surface area (Å²) in [6.07, 6.45) is 0.0886. The third kappa shape index (κ3) is 3.32. The molecule has 0 amide bonds. The highest BCUT2D eigenvalue weighted by molar-refractivity contribution is 7.93. The van der Waals surface area contributed by atoms with E-state index in [9.17, 15) is 13.2 Å². The van der Waals surface area contributed by atoms with Crippen molar-refractivity contribution in [3.8, 4) is 16.9 Å². The van der Waals surface area contributed by atoms with E-state index in [1.54, 1.807) is 60.7 Å². The number of carbonyl (C=O) groups is 1. The van der Waals surface area contributed by atoms with Crippen LogP contribution in [-0.2, 0) is 21.1 Å². The van der Waals surface area contributed by atoms with Crippen molar-refractivity contribution in [2.24, 2.45) is 0 Å². The SMILES string of the molecule is Cc1ccc(-c2ccc(Cl)cc2)c(S(=O)(=O)C2Cc3ccccc3OC2=O)c1. The zero-order valence-corrected chi connectivity index (χ0v) is 16.6. The summed E-state index contributed by atoms with van der Waals surface area (Å²) in [5, 5.41) is -0.719. The molecule has 4 nitrogen and oxygen atoms in total. The molecular formula is C22H17ClO4S. The third-order valence-electron chi connectivity index (χ3n) is 4.82. The molecule has 1 aliphatic heterocycles. The van der Waals surface area contributed by atoms with Gasteiger partial charge in [-0.1, -0.05) is 54.1 Å². The van der Waals surface area contributed by atoms with Crippen LogP contribution < -0.4 is 4.74 Å². The van der Waals surface area contributed by atoms with Crippen LogP contribution in [0.5, 0.6) is 5.75 Å². The van der Waals surface area contributed by atoms with Gasteiger partial charge in [0.1, 0.15) is 5.75 Å².